The quantitative estimate of drug-likeness (QED) is 0.771. The van der Waals surface area contributed by atoms with E-state index in [0.29, 0.717) is 29.1 Å². The lowest BCUT2D eigenvalue weighted by Crippen LogP contribution is -2.51. The molecule has 5 heteroatoms. The molecule has 5 nitrogen and oxygen atoms in total. The molecule has 31 heavy (non-hydrogen) atoms. The topological polar surface area (TPSA) is 78.9 Å². The Labute approximate surface area is 186 Å². The van der Waals surface area contributed by atoms with E-state index in [2.05, 4.69) is 25.0 Å². The standard InChI is InChI=1S/C26H37N3O2/c1-16-10-22(23(30)15-29-14-17(12-27)13-28-29)26(3)9-7-20-19-6-8-25(2,31)11-18(19)4-5-21(20)24(16)26/h13-14,16,18-22,24,31H,4-11,15H2,1-3H3/t16?,18-,19+,20-,21-,22-,24+,25-,26-/m1/s1. The molecule has 168 valence electrons. The van der Waals surface area contributed by atoms with Gasteiger partial charge in [-0.15, -0.1) is 0 Å². The fraction of sp³-hybridized carbons (Fsp3) is 0.808. The summed E-state index contributed by atoms with van der Waals surface area (Å²) in [5.74, 6) is 4.62. The molecule has 4 saturated carbocycles. The Kier molecular flexibility index (Phi) is 5.09. The number of rotatable bonds is 3. The minimum atomic E-state index is -0.465. The lowest BCUT2D eigenvalue weighted by molar-refractivity contribution is -0.133. The van der Waals surface area contributed by atoms with E-state index in [0.717, 1.165) is 43.4 Å². The van der Waals surface area contributed by atoms with Crippen LogP contribution in [0.2, 0.25) is 0 Å². The van der Waals surface area contributed by atoms with Crippen molar-refractivity contribution in [2.75, 3.05) is 0 Å². The van der Waals surface area contributed by atoms with E-state index >= 15 is 0 Å². The van der Waals surface area contributed by atoms with Crippen molar-refractivity contribution in [2.24, 2.45) is 46.8 Å². The van der Waals surface area contributed by atoms with Crippen LogP contribution in [0.15, 0.2) is 12.4 Å². The van der Waals surface area contributed by atoms with E-state index in [1.165, 1.54) is 25.7 Å². The Morgan fingerprint density at radius 3 is 2.74 bits per heavy atom. The van der Waals surface area contributed by atoms with Crippen LogP contribution in [-0.2, 0) is 11.3 Å². The summed E-state index contributed by atoms with van der Waals surface area (Å²) in [7, 11) is 0. The Morgan fingerprint density at radius 1 is 1.23 bits per heavy atom. The predicted molar refractivity (Wildman–Crippen MR) is 118 cm³/mol. The molecular formula is C26H37N3O2. The highest BCUT2D eigenvalue weighted by atomic mass is 16.3. The second-order valence-corrected chi connectivity index (χ2v) is 11.9. The van der Waals surface area contributed by atoms with Gasteiger partial charge in [0.05, 0.1) is 23.9 Å². The van der Waals surface area contributed by atoms with Gasteiger partial charge in [-0.2, -0.15) is 10.4 Å². The molecule has 4 aliphatic carbocycles. The van der Waals surface area contributed by atoms with Crippen LogP contribution in [0.1, 0.15) is 77.7 Å². The summed E-state index contributed by atoms with van der Waals surface area (Å²) in [6.45, 7) is 7.11. The summed E-state index contributed by atoms with van der Waals surface area (Å²) in [6.07, 6.45) is 12.3. The van der Waals surface area contributed by atoms with Crippen molar-refractivity contribution in [1.29, 1.82) is 5.26 Å². The zero-order valence-corrected chi connectivity index (χ0v) is 19.3. The number of carbonyl (C=O) groups excluding carboxylic acids is 1. The lowest BCUT2D eigenvalue weighted by atomic mass is 9.48. The summed E-state index contributed by atoms with van der Waals surface area (Å²) >= 11 is 0. The van der Waals surface area contributed by atoms with Gasteiger partial charge in [-0.3, -0.25) is 9.48 Å². The summed E-state index contributed by atoms with van der Waals surface area (Å²) in [5.41, 5.74) is 0.142. The molecule has 4 aliphatic rings. The first-order chi connectivity index (χ1) is 14.7. The minimum Gasteiger partial charge on any atom is -0.390 e. The van der Waals surface area contributed by atoms with E-state index in [1.54, 1.807) is 17.1 Å². The van der Waals surface area contributed by atoms with Crippen LogP contribution in [0.3, 0.4) is 0 Å². The molecule has 0 saturated heterocycles. The smallest absolute Gasteiger partial charge is 0.157 e. The molecule has 0 spiro atoms. The number of ketones is 1. The molecular weight excluding hydrogens is 386 g/mol. The molecule has 1 heterocycles. The van der Waals surface area contributed by atoms with Gasteiger partial charge in [0.1, 0.15) is 6.07 Å². The first-order valence-electron chi connectivity index (χ1n) is 12.4. The number of aliphatic hydroxyl groups is 1. The van der Waals surface area contributed by atoms with Crippen molar-refractivity contribution in [3.05, 3.63) is 18.0 Å². The third kappa shape index (κ3) is 3.46. The number of hydrogen-bond donors (Lipinski definition) is 1. The van der Waals surface area contributed by atoms with E-state index in [1.807, 2.05) is 6.92 Å². The molecule has 1 aromatic heterocycles. The Balaban J connectivity index is 1.34. The fourth-order valence-corrected chi connectivity index (χ4v) is 8.90. The molecule has 0 aliphatic heterocycles. The van der Waals surface area contributed by atoms with Crippen molar-refractivity contribution in [3.63, 3.8) is 0 Å². The highest BCUT2D eigenvalue weighted by Crippen LogP contribution is 2.66. The van der Waals surface area contributed by atoms with Gasteiger partial charge in [-0.05, 0) is 99.2 Å². The van der Waals surface area contributed by atoms with E-state index in [9.17, 15) is 9.90 Å². The normalized spacial score (nSPS) is 46.5. The van der Waals surface area contributed by atoms with Crippen molar-refractivity contribution in [3.8, 4) is 6.07 Å². The maximum absolute atomic E-state index is 13.4. The predicted octanol–water partition coefficient (Wildman–Crippen LogP) is 4.59. The second kappa shape index (κ2) is 7.44. The molecule has 1 unspecified atom stereocenters. The van der Waals surface area contributed by atoms with Gasteiger partial charge in [0.15, 0.2) is 5.78 Å². The average Bonchev–Trinajstić information content (AvgIpc) is 3.28. The van der Waals surface area contributed by atoms with Crippen LogP contribution >= 0.6 is 0 Å². The SMILES string of the molecule is CC1C[C@H](C(=O)Cn2cc(C#N)cn2)[C@@]2(C)CC[C@H]3[C@@H](CC[C@@H]4C[C@](C)(O)CC[C@@H]43)[C@H]12. The van der Waals surface area contributed by atoms with Crippen molar-refractivity contribution < 1.29 is 9.90 Å². The van der Waals surface area contributed by atoms with Crippen LogP contribution < -0.4 is 0 Å². The van der Waals surface area contributed by atoms with Crippen LogP contribution in [0.5, 0.6) is 0 Å². The third-order valence-corrected chi connectivity index (χ3v) is 10.0. The summed E-state index contributed by atoms with van der Waals surface area (Å²) in [4.78, 5) is 13.4. The highest BCUT2D eigenvalue weighted by molar-refractivity contribution is 5.82. The number of fused-ring (bicyclic) bond motifs is 5. The van der Waals surface area contributed by atoms with Crippen molar-refractivity contribution in [1.82, 2.24) is 9.78 Å². The molecule has 9 atom stereocenters. The van der Waals surface area contributed by atoms with Crippen LogP contribution in [0.25, 0.3) is 0 Å². The summed E-state index contributed by atoms with van der Waals surface area (Å²) in [6, 6.07) is 2.10. The van der Waals surface area contributed by atoms with Gasteiger partial charge in [0, 0.05) is 12.1 Å². The number of aromatic nitrogens is 2. The zero-order chi connectivity index (χ0) is 22.0. The van der Waals surface area contributed by atoms with Gasteiger partial charge in [-0.25, -0.2) is 0 Å². The first kappa shape index (κ1) is 21.2. The molecule has 1 aromatic rings. The number of hydrogen-bond acceptors (Lipinski definition) is 4. The maximum atomic E-state index is 13.4. The molecule has 0 bridgehead atoms. The van der Waals surface area contributed by atoms with Gasteiger partial charge in [0.2, 0.25) is 0 Å². The van der Waals surface area contributed by atoms with Crippen LogP contribution in [0.4, 0.5) is 0 Å². The molecule has 5 rings (SSSR count). The minimum absolute atomic E-state index is 0.0931. The van der Waals surface area contributed by atoms with Crippen molar-refractivity contribution in [2.45, 2.75) is 84.3 Å². The van der Waals surface area contributed by atoms with E-state index < -0.39 is 5.60 Å². The molecule has 0 aromatic carbocycles. The van der Waals surface area contributed by atoms with Crippen molar-refractivity contribution >= 4 is 5.78 Å². The van der Waals surface area contributed by atoms with Gasteiger partial charge < -0.3 is 5.11 Å². The molecule has 0 radical (unpaired) electrons. The molecule has 0 amide bonds. The Bertz CT molecular complexity index is 899. The van der Waals surface area contributed by atoms with E-state index in [4.69, 9.17) is 5.26 Å². The lowest BCUT2D eigenvalue weighted by Gasteiger charge is -2.57. The number of nitrogens with zero attached hydrogens (tertiary/aromatic N) is 3. The molecule has 4 fully saturated rings. The average molecular weight is 424 g/mol. The Hall–Kier alpha value is -1.67. The monoisotopic (exact) mass is 423 g/mol. The van der Waals surface area contributed by atoms with Crippen LogP contribution in [0, 0.1) is 58.2 Å². The maximum Gasteiger partial charge on any atom is 0.157 e. The number of carbonyl (C=O) groups is 1. The Morgan fingerprint density at radius 2 is 2.00 bits per heavy atom. The zero-order valence-electron chi connectivity index (χ0n) is 19.3. The van der Waals surface area contributed by atoms with Crippen LogP contribution in [-0.4, -0.2) is 26.3 Å². The molecule has 1 N–H and O–H groups in total. The summed E-state index contributed by atoms with van der Waals surface area (Å²) in [5, 5.41) is 23.9. The van der Waals surface area contributed by atoms with Gasteiger partial charge in [-0.1, -0.05) is 13.8 Å². The first-order valence-corrected chi connectivity index (χ1v) is 12.4. The van der Waals surface area contributed by atoms with Gasteiger partial charge >= 0.3 is 0 Å². The van der Waals surface area contributed by atoms with Gasteiger partial charge in [0.25, 0.3) is 0 Å². The largest absolute Gasteiger partial charge is 0.390 e. The number of nitriles is 1. The fourth-order valence-electron chi connectivity index (χ4n) is 8.90. The second-order valence-electron chi connectivity index (χ2n) is 11.9. The summed E-state index contributed by atoms with van der Waals surface area (Å²) < 4.78 is 1.65. The van der Waals surface area contributed by atoms with E-state index in [-0.39, 0.29) is 17.9 Å². The highest BCUT2D eigenvalue weighted by Gasteiger charge is 2.60. The third-order valence-electron chi connectivity index (χ3n) is 10.0. The number of Topliss-reactive ketones (excluding diaryl/α,β-unsaturated/α-hetero) is 1.